The predicted molar refractivity (Wildman–Crippen MR) is 71.0 cm³/mol. The van der Waals surface area contributed by atoms with Crippen LogP contribution in [0.25, 0.3) is 0 Å². The third kappa shape index (κ3) is 3.03. The first-order chi connectivity index (χ1) is 8.90. The van der Waals surface area contributed by atoms with Crippen LogP contribution in [0.2, 0.25) is 5.02 Å². The lowest BCUT2D eigenvalue weighted by Crippen LogP contribution is -2.24. The molecule has 0 bridgehead atoms. The van der Waals surface area contributed by atoms with Crippen LogP contribution >= 0.6 is 11.6 Å². The summed E-state index contributed by atoms with van der Waals surface area (Å²) >= 11 is 5.92. The number of hydrogen-bond donors (Lipinski definition) is 3. The summed E-state index contributed by atoms with van der Waals surface area (Å²) < 4.78 is 26.5. The van der Waals surface area contributed by atoms with E-state index in [0.29, 0.717) is 22.1 Å². The van der Waals surface area contributed by atoms with Crippen LogP contribution in [0, 0.1) is 6.92 Å². The number of aromatic amines is 1. The molecule has 7 nitrogen and oxygen atoms in total. The van der Waals surface area contributed by atoms with Crippen molar-refractivity contribution < 1.29 is 8.42 Å². The average molecular weight is 302 g/mol. The molecule has 1 heterocycles. The van der Waals surface area contributed by atoms with Gasteiger partial charge in [-0.15, -0.1) is 0 Å². The van der Waals surface area contributed by atoms with Gasteiger partial charge in [0.05, 0.1) is 11.4 Å². The van der Waals surface area contributed by atoms with Crippen LogP contribution in [0.1, 0.15) is 11.4 Å². The van der Waals surface area contributed by atoms with Crippen molar-refractivity contribution in [1.29, 1.82) is 0 Å². The first-order valence-electron chi connectivity index (χ1n) is 5.29. The van der Waals surface area contributed by atoms with Crippen LogP contribution in [0.4, 0.5) is 5.69 Å². The van der Waals surface area contributed by atoms with Gasteiger partial charge >= 0.3 is 0 Å². The molecule has 0 saturated heterocycles. The number of nitrogens with zero attached hydrogens (tertiary/aromatic N) is 2. The van der Waals surface area contributed by atoms with Gasteiger partial charge in [-0.2, -0.15) is 5.10 Å². The Morgan fingerprint density at radius 1 is 1.47 bits per heavy atom. The van der Waals surface area contributed by atoms with Gasteiger partial charge < -0.3 is 5.73 Å². The molecule has 0 amide bonds. The summed E-state index contributed by atoms with van der Waals surface area (Å²) in [6.07, 6.45) is 1.30. The van der Waals surface area contributed by atoms with E-state index < -0.39 is 10.0 Å². The molecule has 0 atom stereocenters. The normalized spacial score (nSPS) is 11.7. The number of sulfonamides is 1. The molecule has 1 aromatic heterocycles. The summed E-state index contributed by atoms with van der Waals surface area (Å²) in [5.41, 5.74) is 6.68. The Balaban J connectivity index is 2.24. The SMILES string of the molecule is Cc1c(N)cc(S(=O)(=O)NCc2ncn[nH]2)cc1Cl. The second-order valence-electron chi connectivity index (χ2n) is 3.88. The maximum Gasteiger partial charge on any atom is 0.241 e. The zero-order valence-corrected chi connectivity index (χ0v) is 11.6. The highest BCUT2D eigenvalue weighted by molar-refractivity contribution is 7.89. The first kappa shape index (κ1) is 13.8. The standard InChI is InChI=1S/C10H12ClN5O2S/c1-6-8(11)2-7(3-9(6)12)19(17,18)15-4-10-13-5-14-16-10/h2-3,5,15H,4,12H2,1H3,(H,13,14,16). The Kier molecular flexibility index (Phi) is 3.74. The molecule has 2 rings (SSSR count). The Bertz CT molecular complexity index is 661. The minimum Gasteiger partial charge on any atom is -0.398 e. The third-order valence-electron chi connectivity index (χ3n) is 2.56. The molecule has 19 heavy (non-hydrogen) atoms. The monoisotopic (exact) mass is 301 g/mol. The van der Waals surface area contributed by atoms with E-state index in [2.05, 4.69) is 19.9 Å². The number of anilines is 1. The largest absolute Gasteiger partial charge is 0.398 e. The molecule has 0 aliphatic heterocycles. The van der Waals surface area contributed by atoms with E-state index in [4.69, 9.17) is 17.3 Å². The summed E-state index contributed by atoms with van der Waals surface area (Å²) in [7, 11) is -3.70. The molecule has 1 aromatic carbocycles. The lowest BCUT2D eigenvalue weighted by atomic mass is 10.2. The highest BCUT2D eigenvalue weighted by Crippen LogP contribution is 2.25. The summed E-state index contributed by atoms with van der Waals surface area (Å²) in [5.74, 6) is 0.412. The fraction of sp³-hybridized carbons (Fsp3) is 0.200. The highest BCUT2D eigenvalue weighted by Gasteiger charge is 2.17. The van der Waals surface area contributed by atoms with Crippen LogP contribution in [0.5, 0.6) is 0 Å². The number of nitrogen functional groups attached to an aromatic ring is 1. The van der Waals surface area contributed by atoms with Crippen molar-refractivity contribution in [1.82, 2.24) is 19.9 Å². The number of hydrogen-bond acceptors (Lipinski definition) is 5. The lowest BCUT2D eigenvalue weighted by molar-refractivity contribution is 0.579. The maximum absolute atomic E-state index is 12.1. The van der Waals surface area contributed by atoms with Gasteiger partial charge in [0.1, 0.15) is 12.2 Å². The Labute approximate surface area is 115 Å². The fourth-order valence-corrected chi connectivity index (χ4v) is 2.73. The minimum absolute atomic E-state index is 0.00767. The Morgan fingerprint density at radius 2 is 2.21 bits per heavy atom. The molecule has 0 fully saturated rings. The molecule has 0 unspecified atom stereocenters. The van der Waals surface area contributed by atoms with E-state index in [1.807, 2.05) is 0 Å². The van der Waals surface area contributed by atoms with Gasteiger partial charge in [-0.05, 0) is 24.6 Å². The van der Waals surface area contributed by atoms with Gasteiger partial charge in [0.25, 0.3) is 0 Å². The molecule has 2 aromatic rings. The zero-order chi connectivity index (χ0) is 14.0. The lowest BCUT2D eigenvalue weighted by Gasteiger charge is -2.09. The highest BCUT2D eigenvalue weighted by atomic mass is 35.5. The summed E-state index contributed by atoms with van der Waals surface area (Å²) in [6.45, 7) is 1.73. The molecule has 0 radical (unpaired) electrons. The number of nitrogens with one attached hydrogen (secondary N) is 2. The Hall–Kier alpha value is -1.64. The van der Waals surface area contributed by atoms with Crippen LogP contribution in [-0.4, -0.2) is 23.6 Å². The minimum atomic E-state index is -3.70. The van der Waals surface area contributed by atoms with Crippen molar-refractivity contribution in [2.75, 3.05) is 5.73 Å². The summed E-state index contributed by atoms with van der Waals surface area (Å²) in [5, 5.41) is 6.48. The van der Waals surface area contributed by atoms with E-state index >= 15 is 0 Å². The summed E-state index contributed by atoms with van der Waals surface area (Å²) in [4.78, 5) is 3.83. The van der Waals surface area contributed by atoms with Gasteiger partial charge in [-0.1, -0.05) is 11.6 Å². The van der Waals surface area contributed by atoms with Crippen molar-refractivity contribution in [2.45, 2.75) is 18.4 Å². The Morgan fingerprint density at radius 3 is 2.79 bits per heavy atom. The number of rotatable bonds is 4. The van der Waals surface area contributed by atoms with Gasteiger partial charge in [-0.3, -0.25) is 5.10 Å². The molecule has 9 heteroatoms. The number of nitrogens with two attached hydrogens (primary N) is 1. The predicted octanol–water partition coefficient (Wildman–Crippen LogP) is 0.827. The van der Waals surface area contributed by atoms with Gasteiger partial charge in [-0.25, -0.2) is 18.1 Å². The first-order valence-corrected chi connectivity index (χ1v) is 7.16. The molecule has 102 valence electrons. The van der Waals surface area contributed by atoms with E-state index in [1.165, 1.54) is 18.5 Å². The van der Waals surface area contributed by atoms with Crippen LogP contribution < -0.4 is 10.5 Å². The molecular formula is C10H12ClN5O2S. The van der Waals surface area contributed by atoms with E-state index in [1.54, 1.807) is 6.92 Å². The van der Waals surface area contributed by atoms with Crippen molar-refractivity contribution in [2.24, 2.45) is 0 Å². The number of aromatic nitrogens is 3. The molecular weight excluding hydrogens is 290 g/mol. The van der Waals surface area contributed by atoms with Crippen molar-refractivity contribution in [3.63, 3.8) is 0 Å². The average Bonchev–Trinajstić information content (AvgIpc) is 2.86. The molecule has 0 saturated carbocycles. The molecule has 4 N–H and O–H groups in total. The van der Waals surface area contributed by atoms with Crippen molar-refractivity contribution in [3.8, 4) is 0 Å². The van der Waals surface area contributed by atoms with E-state index in [-0.39, 0.29) is 11.4 Å². The van der Waals surface area contributed by atoms with Crippen LogP contribution in [0.3, 0.4) is 0 Å². The van der Waals surface area contributed by atoms with Gasteiger partial charge in [0.2, 0.25) is 10.0 Å². The van der Waals surface area contributed by atoms with Crippen molar-refractivity contribution >= 4 is 27.3 Å². The van der Waals surface area contributed by atoms with E-state index in [0.717, 1.165) is 0 Å². The number of halogens is 1. The van der Waals surface area contributed by atoms with Crippen LogP contribution in [-0.2, 0) is 16.6 Å². The fourth-order valence-electron chi connectivity index (χ4n) is 1.39. The van der Waals surface area contributed by atoms with Gasteiger partial charge in [0.15, 0.2) is 0 Å². The van der Waals surface area contributed by atoms with Crippen LogP contribution in [0.15, 0.2) is 23.4 Å². The second kappa shape index (κ2) is 5.16. The van der Waals surface area contributed by atoms with Gasteiger partial charge in [0, 0.05) is 10.7 Å². The maximum atomic E-state index is 12.1. The number of H-pyrrole nitrogens is 1. The molecule has 0 aliphatic carbocycles. The smallest absolute Gasteiger partial charge is 0.241 e. The third-order valence-corrected chi connectivity index (χ3v) is 4.34. The topological polar surface area (TPSA) is 114 Å². The molecule has 0 aliphatic rings. The molecule has 0 spiro atoms. The summed E-state index contributed by atoms with van der Waals surface area (Å²) in [6, 6.07) is 2.72. The van der Waals surface area contributed by atoms with Crippen molar-refractivity contribution in [3.05, 3.63) is 34.9 Å². The number of benzene rings is 1. The second-order valence-corrected chi connectivity index (χ2v) is 6.05. The zero-order valence-electron chi connectivity index (χ0n) is 10.0. The van der Waals surface area contributed by atoms with E-state index in [9.17, 15) is 8.42 Å². The quantitative estimate of drug-likeness (QED) is 0.724.